The van der Waals surface area contributed by atoms with Crippen LogP contribution in [0, 0.1) is 12.8 Å². The van der Waals surface area contributed by atoms with Gasteiger partial charge in [-0.05, 0) is 38.0 Å². The summed E-state index contributed by atoms with van der Waals surface area (Å²) in [5, 5.41) is 4.62. The Morgan fingerprint density at radius 2 is 2.00 bits per heavy atom. The van der Waals surface area contributed by atoms with Gasteiger partial charge >= 0.3 is 0 Å². The van der Waals surface area contributed by atoms with Crippen molar-refractivity contribution < 1.29 is 13.2 Å². The average Bonchev–Trinajstić information content (AvgIpc) is 3.03. The Bertz CT molecular complexity index is 1250. The number of aromatic nitrogens is 4. The molecule has 0 saturated carbocycles. The Balaban J connectivity index is 2.22. The SMILES string of the molecule is CCCC(CC)Cc1nc(C)c2c(=O)[nH]c(-c3cc(S(=O)(=O)Cl)ccc3OCC)nn12. The maximum atomic E-state index is 12.9. The molecule has 10 heteroatoms. The highest BCUT2D eigenvalue weighted by Crippen LogP contribution is 2.31. The lowest BCUT2D eigenvalue weighted by Crippen LogP contribution is -2.17. The monoisotopic (exact) mass is 466 g/mol. The van der Waals surface area contributed by atoms with Crippen molar-refractivity contribution in [3.05, 3.63) is 40.1 Å². The number of ether oxygens (including phenoxy) is 1. The molecule has 168 valence electrons. The van der Waals surface area contributed by atoms with E-state index in [1.807, 2.05) is 6.92 Å². The van der Waals surface area contributed by atoms with Crippen LogP contribution in [0.15, 0.2) is 27.9 Å². The Kier molecular flexibility index (Phi) is 7.06. The van der Waals surface area contributed by atoms with Gasteiger partial charge in [0.1, 0.15) is 11.6 Å². The molecule has 2 heterocycles. The van der Waals surface area contributed by atoms with E-state index in [-0.39, 0.29) is 16.3 Å². The van der Waals surface area contributed by atoms with E-state index in [4.69, 9.17) is 15.4 Å². The van der Waals surface area contributed by atoms with Gasteiger partial charge < -0.3 is 9.72 Å². The van der Waals surface area contributed by atoms with Gasteiger partial charge in [-0.25, -0.2) is 17.9 Å². The minimum Gasteiger partial charge on any atom is -0.493 e. The van der Waals surface area contributed by atoms with Gasteiger partial charge in [0.15, 0.2) is 11.3 Å². The first-order valence-electron chi connectivity index (χ1n) is 10.4. The van der Waals surface area contributed by atoms with Gasteiger partial charge in [0.25, 0.3) is 14.6 Å². The molecule has 1 aromatic carbocycles. The third kappa shape index (κ3) is 4.93. The standard InChI is InChI=1S/C21H27ClN4O4S/c1-5-8-14(6-2)11-18-23-13(4)19-21(27)24-20(25-26(18)19)16-12-15(31(22,28)29)9-10-17(16)30-7-3/h9-10,12,14H,5-8,11H2,1-4H3,(H,24,25,27). The van der Waals surface area contributed by atoms with Crippen LogP contribution >= 0.6 is 10.7 Å². The molecule has 0 amide bonds. The number of hydrogen-bond donors (Lipinski definition) is 1. The molecule has 0 aliphatic heterocycles. The fourth-order valence-electron chi connectivity index (χ4n) is 3.73. The summed E-state index contributed by atoms with van der Waals surface area (Å²) in [6, 6.07) is 4.22. The van der Waals surface area contributed by atoms with Crippen molar-refractivity contribution in [1.29, 1.82) is 0 Å². The zero-order valence-corrected chi connectivity index (χ0v) is 19.7. The van der Waals surface area contributed by atoms with E-state index in [2.05, 4.69) is 28.9 Å². The van der Waals surface area contributed by atoms with E-state index >= 15 is 0 Å². The second-order valence-electron chi connectivity index (χ2n) is 7.47. The molecule has 0 radical (unpaired) electrons. The molecule has 0 fully saturated rings. The Hall–Kier alpha value is -2.39. The molecule has 0 saturated heterocycles. The van der Waals surface area contributed by atoms with E-state index in [0.29, 0.717) is 47.3 Å². The predicted molar refractivity (Wildman–Crippen MR) is 120 cm³/mol. The molecular weight excluding hydrogens is 440 g/mol. The number of imidazole rings is 1. The van der Waals surface area contributed by atoms with Crippen LogP contribution in [0.2, 0.25) is 0 Å². The molecule has 0 aliphatic carbocycles. The van der Waals surface area contributed by atoms with E-state index in [1.165, 1.54) is 18.2 Å². The summed E-state index contributed by atoms with van der Waals surface area (Å²) in [4.78, 5) is 20.1. The van der Waals surface area contributed by atoms with E-state index in [1.54, 1.807) is 11.4 Å². The minimum atomic E-state index is -3.97. The summed E-state index contributed by atoms with van der Waals surface area (Å²) in [7, 11) is 1.56. The van der Waals surface area contributed by atoms with E-state index in [9.17, 15) is 13.2 Å². The van der Waals surface area contributed by atoms with Crippen LogP contribution in [-0.4, -0.2) is 34.6 Å². The lowest BCUT2D eigenvalue weighted by atomic mass is 9.97. The van der Waals surface area contributed by atoms with Crippen LogP contribution in [0.5, 0.6) is 5.75 Å². The quantitative estimate of drug-likeness (QED) is 0.476. The summed E-state index contributed by atoms with van der Waals surface area (Å²) in [5.41, 5.74) is 0.958. The molecule has 0 spiro atoms. The second-order valence-corrected chi connectivity index (χ2v) is 10.0. The smallest absolute Gasteiger partial charge is 0.277 e. The maximum Gasteiger partial charge on any atom is 0.277 e. The number of aromatic amines is 1. The molecule has 0 bridgehead atoms. The maximum absolute atomic E-state index is 12.9. The lowest BCUT2D eigenvalue weighted by molar-refractivity contribution is 0.341. The summed E-state index contributed by atoms with van der Waals surface area (Å²) in [6.45, 7) is 8.23. The molecule has 0 aliphatic rings. The molecule has 2 aromatic heterocycles. The second kappa shape index (κ2) is 9.40. The number of rotatable bonds is 9. The molecule has 1 N–H and O–H groups in total. The van der Waals surface area contributed by atoms with Crippen LogP contribution in [0.4, 0.5) is 0 Å². The Morgan fingerprint density at radius 3 is 2.61 bits per heavy atom. The van der Waals surface area contributed by atoms with Crippen LogP contribution in [-0.2, 0) is 15.5 Å². The number of aryl methyl sites for hydroxylation is 1. The third-order valence-electron chi connectivity index (χ3n) is 5.28. The van der Waals surface area contributed by atoms with Crippen molar-refractivity contribution in [3.63, 3.8) is 0 Å². The van der Waals surface area contributed by atoms with Crippen LogP contribution in [0.25, 0.3) is 16.9 Å². The molecule has 1 atom stereocenters. The largest absolute Gasteiger partial charge is 0.493 e. The predicted octanol–water partition coefficient (Wildman–Crippen LogP) is 4.09. The first kappa shape index (κ1) is 23.3. The van der Waals surface area contributed by atoms with Gasteiger partial charge in [0.2, 0.25) is 0 Å². The van der Waals surface area contributed by atoms with Crippen molar-refractivity contribution in [1.82, 2.24) is 19.6 Å². The highest BCUT2D eigenvalue weighted by molar-refractivity contribution is 8.13. The first-order chi connectivity index (χ1) is 14.7. The Labute approximate surface area is 186 Å². The van der Waals surface area contributed by atoms with Crippen molar-refractivity contribution in [3.8, 4) is 17.1 Å². The van der Waals surface area contributed by atoms with Crippen LogP contribution in [0.1, 0.15) is 51.6 Å². The summed E-state index contributed by atoms with van der Waals surface area (Å²) >= 11 is 0. The lowest BCUT2D eigenvalue weighted by Gasteiger charge is -2.13. The zero-order chi connectivity index (χ0) is 22.8. The third-order valence-corrected chi connectivity index (χ3v) is 6.63. The zero-order valence-electron chi connectivity index (χ0n) is 18.1. The molecule has 8 nitrogen and oxygen atoms in total. The highest BCUT2D eigenvalue weighted by Gasteiger charge is 2.21. The number of H-pyrrole nitrogens is 1. The van der Waals surface area contributed by atoms with Crippen LogP contribution in [0.3, 0.4) is 0 Å². The number of hydrogen-bond acceptors (Lipinski definition) is 6. The number of halogens is 1. The minimum absolute atomic E-state index is 0.105. The van der Waals surface area contributed by atoms with Crippen molar-refractivity contribution in [2.24, 2.45) is 5.92 Å². The molecule has 3 rings (SSSR count). The average molecular weight is 467 g/mol. The number of benzene rings is 1. The van der Waals surface area contributed by atoms with Gasteiger partial charge in [-0.1, -0.05) is 33.1 Å². The number of nitrogens with zero attached hydrogens (tertiary/aromatic N) is 3. The van der Waals surface area contributed by atoms with Crippen LogP contribution < -0.4 is 10.3 Å². The van der Waals surface area contributed by atoms with Gasteiger partial charge in [-0.3, -0.25) is 4.79 Å². The fraction of sp³-hybridized carbons (Fsp3) is 0.476. The van der Waals surface area contributed by atoms with Crippen molar-refractivity contribution >= 4 is 25.2 Å². The summed E-state index contributed by atoms with van der Waals surface area (Å²) in [5.74, 6) is 1.72. The molecule has 3 aromatic rings. The summed E-state index contributed by atoms with van der Waals surface area (Å²) < 4.78 is 30.9. The van der Waals surface area contributed by atoms with E-state index < -0.39 is 9.05 Å². The van der Waals surface area contributed by atoms with Crippen molar-refractivity contribution in [2.45, 2.75) is 58.3 Å². The molecular formula is C21H27ClN4O4S. The topological polar surface area (TPSA) is 106 Å². The molecule has 1 unspecified atom stereocenters. The van der Waals surface area contributed by atoms with Gasteiger partial charge in [-0.2, -0.15) is 0 Å². The highest BCUT2D eigenvalue weighted by atomic mass is 35.7. The van der Waals surface area contributed by atoms with Gasteiger partial charge in [0, 0.05) is 17.1 Å². The normalized spacial score (nSPS) is 12.9. The number of nitrogens with one attached hydrogen (secondary N) is 1. The fourth-order valence-corrected chi connectivity index (χ4v) is 4.51. The van der Waals surface area contributed by atoms with Gasteiger partial charge in [-0.15, -0.1) is 5.10 Å². The summed E-state index contributed by atoms with van der Waals surface area (Å²) in [6.07, 6.45) is 3.83. The van der Waals surface area contributed by atoms with Gasteiger partial charge in [0.05, 0.1) is 22.8 Å². The molecule has 31 heavy (non-hydrogen) atoms. The Morgan fingerprint density at radius 1 is 1.26 bits per heavy atom. The number of fused-ring (bicyclic) bond motifs is 1. The van der Waals surface area contributed by atoms with Crippen molar-refractivity contribution in [2.75, 3.05) is 6.61 Å². The first-order valence-corrected chi connectivity index (χ1v) is 12.7. The van der Waals surface area contributed by atoms with E-state index in [0.717, 1.165) is 19.3 Å².